The molecule has 8 heteroatoms. The summed E-state index contributed by atoms with van der Waals surface area (Å²) >= 11 is 11.7. The van der Waals surface area contributed by atoms with Crippen molar-refractivity contribution in [1.29, 1.82) is 0 Å². The van der Waals surface area contributed by atoms with E-state index < -0.39 is 15.6 Å². The Balaban J connectivity index is 2.32. The maximum atomic E-state index is 12.4. The van der Waals surface area contributed by atoms with Crippen LogP contribution in [0, 0.1) is 0 Å². The monoisotopic (exact) mass is 339 g/mol. The summed E-state index contributed by atoms with van der Waals surface area (Å²) in [7, 11) is -3.87. The molecule has 0 unspecified atom stereocenters. The summed E-state index contributed by atoms with van der Waals surface area (Å²) < 4.78 is 32.6. The summed E-state index contributed by atoms with van der Waals surface area (Å²) in [6.07, 6.45) is 0.807. The highest BCUT2D eigenvalue weighted by Gasteiger charge is 2.37. The average molecular weight is 340 g/mol. The summed E-state index contributed by atoms with van der Waals surface area (Å²) in [5.74, 6) is 0. The van der Waals surface area contributed by atoms with E-state index in [0.29, 0.717) is 26.1 Å². The van der Waals surface area contributed by atoms with E-state index in [0.717, 1.165) is 0 Å². The van der Waals surface area contributed by atoms with Gasteiger partial charge < -0.3 is 9.84 Å². The van der Waals surface area contributed by atoms with E-state index in [1.807, 2.05) is 0 Å². The van der Waals surface area contributed by atoms with E-state index in [1.54, 1.807) is 0 Å². The Morgan fingerprint density at radius 3 is 2.55 bits per heavy atom. The highest BCUT2D eigenvalue weighted by Crippen LogP contribution is 2.28. The van der Waals surface area contributed by atoms with Gasteiger partial charge in [0.2, 0.25) is 10.0 Å². The van der Waals surface area contributed by atoms with E-state index in [9.17, 15) is 13.5 Å². The topological polar surface area (TPSA) is 75.6 Å². The minimum Gasteiger partial charge on any atom is -0.394 e. The normalized spacial score (nSPS) is 18.9. The second-order valence-corrected chi connectivity index (χ2v) is 7.23. The first kappa shape index (κ1) is 16.0. The standard InChI is InChI=1S/C12H15Cl2NO4S/c13-9-1-2-10(14)11(7-9)20(17,18)15-12(8-16)3-5-19-6-4-12/h1-2,7,15-16H,3-6,8H2. The minimum absolute atomic E-state index is 0.0852. The van der Waals surface area contributed by atoms with Crippen LogP contribution in [0.15, 0.2) is 23.1 Å². The zero-order valence-electron chi connectivity index (χ0n) is 10.6. The molecule has 0 bridgehead atoms. The quantitative estimate of drug-likeness (QED) is 0.877. The molecule has 1 aromatic carbocycles. The average Bonchev–Trinajstić information content (AvgIpc) is 2.42. The number of rotatable bonds is 4. The maximum Gasteiger partial charge on any atom is 0.242 e. The summed E-state index contributed by atoms with van der Waals surface area (Å²) in [5.41, 5.74) is -0.914. The zero-order chi connectivity index (χ0) is 14.8. The van der Waals surface area contributed by atoms with Crippen molar-refractivity contribution in [1.82, 2.24) is 4.72 Å². The molecule has 0 spiro atoms. The van der Waals surface area contributed by atoms with Crippen LogP contribution in [0.4, 0.5) is 0 Å². The van der Waals surface area contributed by atoms with Crippen LogP contribution in [0.25, 0.3) is 0 Å². The van der Waals surface area contributed by atoms with E-state index in [1.165, 1.54) is 18.2 Å². The van der Waals surface area contributed by atoms with E-state index in [-0.39, 0.29) is 21.5 Å². The maximum absolute atomic E-state index is 12.4. The fourth-order valence-corrected chi connectivity index (χ4v) is 4.29. The van der Waals surface area contributed by atoms with Gasteiger partial charge in [0.05, 0.1) is 17.2 Å². The predicted molar refractivity (Wildman–Crippen MR) is 76.7 cm³/mol. The first-order valence-corrected chi connectivity index (χ1v) is 8.30. The molecule has 112 valence electrons. The Morgan fingerprint density at radius 2 is 1.95 bits per heavy atom. The Kier molecular flexibility index (Phi) is 4.94. The van der Waals surface area contributed by atoms with Crippen molar-refractivity contribution in [2.45, 2.75) is 23.3 Å². The van der Waals surface area contributed by atoms with Gasteiger partial charge in [-0.3, -0.25) is 0 Å². The van der Waals surface area contributed by atoms with Gasteiger partial charge in [-0.15, -0.1) is 0 Å². The molecule has 2 N–H and O–H groups in total. The third-order valence-corrected chi connectivity index (χ3v) is 5.58. The van der Waals surface area contributed by atoms with Crippen molar-refractivity contribution >= 4 is 33.2 Å². The lowest BCUT2D eigenvalue weighted by atomic mass is 9.93. The highest BCUT2D eigenvalue weighted by molar-refractivity contribution is 7.89. The molecule has 0 radical (unpaired) electrons. The van der Waals surface area contributed by atoms with Crippen molar-refractivity contribution in [3.63, 3.8) is 0 Å². The molecular formula is C12H15Cl2NO4S. The molecule has 0 amide bonds. The number of benzene rings is 1. The molecule has 0 aliphatic carbocycles. The molecular weight excluding hydrogens is 325 g/mol. The highest BCUT2D eigenvalue weighted by atomic mass is 35.5. The molecule has 0 aromatic heterocycles. The van der Waals surface area contributed by atoms with Crippen LogP contribution in [0.5, 0.6) is 0 Å². The molecule has 20 heavy (non-hydrogen) atoms. The van der Waals surface area contributed by atoms with Gasteiger partial charge in [0.15, 0.2) is 0 Å². The molecule has 1 aliphatic rings. The fourth-order valence-electron chi connectivity index (χ4n) is 2.08. The lowest BCUT2D eigenvalue weighted by molar-refractivity contribution is 0.0223. The fraction of sp³-hybridized carbons (Fsp3) is 0.500. The Bertz CT molecular complexity index is 585. The van der Waals surface area contributed by atoms with E-state index in [4.69, 9.17) is 27.9 Å². The summed E-state index contributed by atoms with van der Waals surface area (Å²) in [5, 5.41) is 9.90. The van der Waals surface area contributed by atoms with Gasteiger partial charge in [-0.1, -0.05) is 23.2 Å². The van der Waals surface area contributed by atoms with Crippen LogP contribution < -0.4 is 4.72 Å². The number of ether oxygens (including phenoxy) is 1. The third-order valence-electron chi connectivity index (χ3n) is 3.29. The molecule has 0 atom stereocenters. The molecule has 1 aromatic rings. The number of sulfonamides is 1. The van der Waals surface area contributed by atoms with Crippen LogP contribution in [0.3, 0.4) is 0 Å². The second-order valence-electron chi connectivity index (χ2n) is 4.73. The molecule has 2 rings (SSSR count). The van der Waals surface area contributed by atoms with Gasteiger partial charge in [0, 0.05) is 18.2 Å². The van der Waals surface area contributed by atoms with Crippen molar-refractivity contribution in [2.24, 2.45) is 0 Å². The summed E-state index contributed by atoms with van der Waals surface area (Å²) in [4.78, 5) is -0.0917. The van der Waals surface area contributed by atoms with Crippen molar-refractivity contribution in [2.75, 3.05) is 19.8 Å². The molecule has 1 saturated heterocycles. The van der Waals surface area contributed by atoms with Gasteiger partial charge in [-0.2, -0.15) is 0 Å². The third kappa shape index (κ3) is 3.44. The lowest BCUT2D eigenvalue weighted by Crippen LogP contribution is -2.54. The van der Waals surface area contributed by atoms with Crippen LogP contribution in [-0.4, -0.2) is 38.9 Å². The number of nitrogens with one attached hydrogen (secondary N) is 1. The molecule has 5 nitrogen and oxygen atoms in total. The van der Waals surface area contributed by atoms with E-state index >= 15 is 0 Å². The van der Waals surface area contributed by atoms with Crippen molar-refractivity contribution in [3.8, 4) is 0 Å². The van der Waals surface area contributed by atoms with Crippen LogP contribution >= 0.6 is 23.2 Å². The van der Waals surface area contributed by atoms with Crippen molar-refractivity contribution in [3.05, 3.63) is 28.2 Å². The first-order chi connectivity index (χ1) is 9.38. The Morgan fingerprint density at radius 1 is 1.30 bits per heavy atom. The predicted octanol–water partition coefficient (Wildman–Crippen LogP) is 1.81. The molecule has 1 aliphatic heterocycles. The molecule has 1 heterocycles. The Hall–Kier alpha value is -0.370. The second kappa shape index (κ2) is 6.17. The van der Waals surface area contributed by atoms with Crippen molar-refractivity contribution < 1.29 is 18.3 Å². The van der Waals surface area contributed by atoms with E-state index in [2.05, 4.69) is 4.72 Å². The van der Waals surface area contributed by atoms with Gasteiger partial charge in [-0.05, 0) is 31.0 Å². The smallest absolute Gasteiger partial charge is 0.242 e. The number of aliphatic hydroxyl groups excluding tert-OH is 1. The largest absolute Gasteiger partial charge is 0.394 e. The number of hydrogen-bond acceptors (Lipinski definition) is 4. The number of halogens is 2. The van der Waals surface area contributed by atoms with Gasteiger partial charge in [0.25, 0.3) is 0 Å². The minimum atomic E-state index is -3.87. The first-order valence-electron chi connectivity index (χ1n) is 6.06. The summed E-state index contributed by atoms with van der Waals surface area (Å²) in [6, 6.07) is 4.23. The van der Waals surface area contributed by atoms with Gasteiger partial charge >= 0.3 is 0 Å². The Labute approximate surface area is 127 Å². The number of aliphatic hydroxyl groups is 1. The van der Waals surface area contributed by atoms with Gasteiger partial charge in [0.1, 0.15) is 4.90 Å². The van der Waals surface area contributed by atoms with Crippen LogP contribution in [0.2, 0.25) is 10.0 Å². The lowest BCUT2D eigenvalue weighted by Gasteiger charge is -2.35. The number of hydrogen-bond donors (Lipinski definition) is 2. The van der Waals surface area contributed by atoms with Gasteiger partial charge in [-0.25, -0.2) is 13.1 Å². The van der Waals surface area contributed by atoms with Crippen LogP contribution in [0.1, 0.15) is 12.8 Å². The summed E-state index contributed by atoms with van der Waals surface area (Å²) in [6.45, 7) is 0.493. The van der Waals surface area contributed by atoms with Crippen LogP contribution in [-0.2, 0) is 14.8 Å². The SMILES string of the molecule is O=S(=O)(NC1(CO)CCOCC1)c1cc(Cl)ccc1Cl. The molecule has 0 saturated carbocycles. The molecule has 1 fully saturated rings. The zero-order valence-corrected chi connectivity index (χ0v) is 12.9.